The van der Waals surface area contributed by atoms with Crippen molar-refractivity contribution in [2.45, 2.75) is 33.7 Å². The Morgan fingerprint density at radius 1 is 1.45 bits per heavy atom. The summed E-state index contributed by atoms with van der Waals surface area (Å²) < 4.78 is 2.35. The van der Waals surface area contributed by atoms with E-state index >= 15 is 0 Å². The van der Waals surface area contributed by atoms with Crippen LogP contribution in [0.25, 0.3) is 0 Å². The summed E-state index contributed by atoms with van der Waals surface area (Å²) in [6.45, 7) is 7.70. The Balaban J connectivity index is 2.48. The number of aromatic nitrogens is 2. The largest absolute Gasteiger partial charge is 0.332 e. The SMILES string of the molecule is Cc1nc2n(c1C)C[C@@H](C)C2. The third-order valence-corrected chi connectivity index (χ3v) is 2.56. The molecule has 2 rings (SSSR count). The van der Waals surface area contributed by atoms with Crippen molar-refractivity contribution in [2.24, 2.45) is 5.92 Å². The van der Waals surface area contributed by atoms with Crippen LogP contribution in [0.5, 0.6) is 0 Å². The fourth-order valence-electron chi connectivity index (χ4n) is 1.81. The van der Waals surface area contributed by atoms with Gasteiger partial charge in [-0.25, -0.2) is 4.98 Å². The summed E-state index contributed by atoms with van der Waals surface area (Å²) in [7, 11) is 0. The maximum absolute atomic E-state index is 4.50. The molecule has 0 aliphatic carbocycles. The molecular formula is C9H14N2. The van der Waals surface area contributed by atoms with Crippen LogP contribution in [0.4, 0.5) is 0 Å². The minimum absolute atomic E-state index is 0.789. The minimum atomic E-state index is 0.789. The van der Waals surface area contributed by atoms with Crippen molar-refractivity contribution in [1.29, 1.82) is 0 Å². The standard InChI is InChI=1S/C9H14N2/c1-6-4-9-10-7(2)8(3)11(9)5-6/h6H,4-5H2,1-3H3/t6-/m0/s1. The molecule has 1 aromatic heterocycles. The summed E-state index contributed by atoms with van der Waals surface area (Å²) in [6.07, 6.45) is 1.16. The third-order valence-electron chi connectivity index (χ3n) is 2.56. The van der Waals surface area contributed by atoms with Gasteiger partial charge in [-0.1, -0.05) is 6.92 Å². The lowest BCUT2D eigenvalue weighted by Crippen LogP contribution is -1.99. The van der Waals surface area contributed by atoms with Gasteiger partial charge in [0.05, 0.1) is 5.69 Å². The average Bonchev–Trinajstić information content (AvgIpc) is 2.37. The van der Waals surface area contributed by atoms with Gasteiger partial charge in [-0.3, -0.25) is 0 Å². The van der Waals surface area contributed by atoms with Crippen LogP contribution in [-0.2, 0) is 13.0 Å². The molecule has 0 amide bonds. The summed E-state index contributed by atoms with van der Waals surface area (Å²) in [6, 6.07) is 0. The van der Waals surface area contributed by atoms with Crippen LogP contribution in [0.2, 0.25) is 0 Å². The Kier molecular flexibility index (Phi) is 1.31. The molecule has 0 aromatic carbocycles. The first-order valence-corrected chi connectivity index (χ1v) is 4.21. The van der Waals surface area contributed by atoms with Crippen molar-refractivity contribution in [1.82, 2.24) is 9.55 Å². The fraction of sp³-hybridized carbons (Fsp3) is 0.667. The smallest absolute Gasteiger partial charge is 0.109 e. The number of fused-ring (bicyclic) bond motifs is 1. The highest BCUT2D eigenvalue weighted by atomic mass is 15.1. The number of hydrogen-bond donors (Lipinski definition) is 0. The Bertz CT molecular complexity index is 286. The number of rotatable bonds is 0. The lowest BCUT2D eigenvalue weighted by atomic mass is 10.1. The quantitative estimate of drug-likeness (QED) is 0.550. The second-order valence-electron chi connectivity index (χ2n) is 3.62. The van der Waals surface area contributed by atoms with E-state index in [0.717, 1.165) is 12.3 Å². The van der Waals surface area contributed by atoms with Crippen LogP contribution >= 0.6 is 0 Å². The molecule has 2 nitrogen and oxygen atoms in total. The van der Waals surface area contributed by atoms with Crippen molar-refractivity contribution in [3.8, 4) is 0 Å². The minimum Gasteiger partial charge on any atom is -0.332 e. The van der Waals surface area contributed by atoms with Crippen LogP contribution in [0.1, 0.15) is 24.1 Å². The first-order valence-electron chi connectivity index (χ1n) is 4.21. The molecule has 0 bridgehead atoms. The summed E-state index contributed by atoms with van der Waals surface area (Å²) in [5.41, 5.74) is 2.55. The highest BCUT2D eigenvalue weighted by molar-refractivity contribution is 5.16. The van der Waals surface area contributed by atoms with Crippen molar-refractivity contribution < 1.29 is 0 Å². The first kappa shape index (κ1) is 6.89. The highest BCUT2D eigenvalue weighted by Gasteiger charge is 2.21. The van der Waals surface area contributed by atoms with Gasteiger partial charge in [-0.05, 0) is 19.8 Å². The predicted octanol–water partition coefficient (Wildman–Crippen LogP) is 1.69. The van der Waals surface area contributed by atoms with Gasteiger partial charge in [0.25, 0.3) is 0 Å². The summed E-state index contributed by atoms with van der Waals surface area (Å²) in [4.78, 5) is 4.50. The Labute approximate surface area is 67.3 Å². The van der Waals surface area contributed by atoms with E-state index in [0.29, 0.717) is 0 Å². The lowest BCUT2D eigenvalue weighted by Gasteiger charge is -2.01. The number of nitrogens with zero attached hydrogens (tertiary/aromatic N) is 2. The zero-order chi connectivity index (χ0) is 8.01. The molecule has 1 aromatic rings. The maximum atomic E-state index is 4.50. The van der Waals surface area contributed by atoms with Gasteiger partial charge in [0.2, 0.25) is 0 Å². The van der Waals surface area contributed by atoms with E-state index in [-0.39, 0.29) is 0 Å². The Hall–Kier alpha value is -0.790. The normalized spacial score (nSPS) is 22.3. The van der Waals surface area contributed by atoms with E-state index < -0.39 is 0 Å². The van der Waals surface area contributed by atoms with Gasteiger partial charge in [-0.2, -0.15) is 0 Å². The van der Waals surface area contributed by atoms with Crippen LogP contribution < -0.4 is 0 Å². The molecule has 2 heteroatoms. The molecule has 11 heavy (non-hydrogen) atoms. The van der Waals surface area contributed by atoms with Crippen molar-refractivity contribution in [3.63, 3.8) is 0 Å². The lowest BCUT2D eigenvalue weighted by molar-refractivity contribution is 0.556. The highest BCUT2D eigenvalue weighted by Crippen LogP contribution is 2.22. The van der Waals surface area contributed by atoms with E-state index in [1.807, 2.05) is 0 Å². The van der Waals surface area contributed by atoms with Gasteiger partial charge >= 0.3 is 0 Å². The van der Waals surface area contributed by atoms with Gasteiger partial charge in [0, 0.05) is 18.7 Å². The van der Waals surface area contributed by atoms with Crippen LogP contribution in [0, 0.1) is 19.8 Å². The topological polar surface area (TPSA) is 17.8 Å². The van der Waals surface area contributed by atoms with Crippen molar-refractivity contribution >= 4 is 0 Å². The summed E-state index contributed by atoms with van der Waals surface area (Å²) in [5.74, 6) is 2.07. The van der Waals surface area contributed by atoms with Crippen LogP contribution in [-0.4, -0.2) is 9.55 Å². The molecular weight excluding hydrogens is 136 g/mol. The molecule has 0 saturated carbocycles. The van der Waals surface area contributed by atoms with E-state index in [2.05, 4.69) is 30.3 Å². The number of hydrogen-bond acceptors (Lipinski definition) is 1. The predicted molar refractivity (Wildman–Crippen MR) is 44.6 cm³/mol. The summed E-state index contributed by atoms with van der Waals surface area (Å²) in [5, 5.41) is 0. The first-order chi connectivity index (χ1) is 5.18. The molecule has 1 aliphatic heterocycles. The van der Waals surface area contributed by atoms with E-state index in [1.165, 1.54) is 23.8 Å². The zero-order valence-electron chi connectivity index (χ0n) is 7.39. The molecule has 1 atom stereocenters. The number of aryl methyl sites for hydroxylation is 1. The van der Waals surface area contributed by atoms with E-state index in [4.69, 9.17) is 0 Å². The molecule has 0 saturated heterocycles. The molecule has 0 N–H and O–H groups in total. The second kappa shape index (κ2) is 2.10. The average molecular weight is 150 g/mol. The van der Waals surface area contributed by atoms with E-state index in [9.17, 15) is 0 Å². The van der Waals surface area contributed by atoms with Crippen molar-refractivity contribution in [2.75, 3.05) is 0 Å². The van der Waals surface area contributed by atoms with Crippen LogP contribution in [0.15, 0.2) is 0 Å². The molecule has 0 unspecified atom stereocenters. The van der Waals surface area contributed by atoms with Gasteiger partial charge in [0.15, 0.2) is 0 Å². The van der Waals surface area contributed by atoms with E-state index in [1.54, 1.807) is 0 Å². The van der Waals surface area contributed by atoms with Gasteiger partial charge < -0.3 is 4.57 Å². The monoisotopic (exact) mass is 150 g/mol. The second-order valence-corrected chi connectivity index (χ2v) is 3.62. The molecule has 2 heterocycles. The van der Waals surface area contributed by atoms with Crippen LogP contribution in [0.3, 0.4) is 0 Å². The molecule has 0 spiro atoms. The maximum Gasteiger partial charge on any atom is 0.109 e. The molecule has 1 aliphatic rings. The molecule has 0 fully saturated rings. The molecule has 60 valence electrons. The fourth-order valence-corrected chi connectivity index (χ4v) is 1.81. The zero-order valence-corrected chi connectivity index (χ0v) is 7.39. The molecule has 0 radical (unpaired) electrons. The third kappa shape index (κ3) is 0.889. The Morgan fingerprint density at radius 2 is 2.18 bits per heavy atom. The van der Waals surface area contributed by atoms with Gasteiger partial charge in [-0.15, -0.1) is 0 Å². The Morgan fingerprint density at radius 3 is 2.82 bits per heavy atom. The van der Waals surface area contributed by atoms with Gasteiger partial charge in [0.1, 0.15) is 5.82 Å². The van der Waals surface area contributed by atoms with Crippen molar-refractivity contribution in [3.05, 3.63) is 17.2 Å². The summed E-state index contributed by atoms with van der Waals surface area (Å²) >= 11 is 0. The number of imidazole rings is 1.